The first-order valence-corrected chi connectivity index (χ1v) is 7.52. The van der Waals surface area contributed by atoms with E-state index in [1.165, 1.54) is 0 Å². The van der Waals surface area contributed by atoms with Crippen molar-refractivity contribution in [2.75, 3.05) is 13.1 Å². The summed E-state index contributed by atoms with van der Waals surface area (Å²) in [6.45, 7) is 9.29. The van der Waals surface area contributed by atoms with Crippen LogP contribution in [0.3, 0.4) is 0 Å². The fraction of sp³-hybridized carbons (Fsp3) is 0.867. The molecule has 0 aromatic rings. The average Bonchev–Trinajstić information content (AvgIpc) is 2.34. The summed E-state index contributed by atoms with van der Waals surface area (Å²) in [5, 5.41) is 12.0. The van der Waals surface area contributed by atoms with E-state index in [2.05, 4.69) is 5.32 Å². The second kappa shape index (κ2) is 6.95. The molecule has 0 bridgehead atoms. The Morgan fingerprint density at radius 2 is 1.75 bits per heavy atom. The number of aliphatic carboxylic acids is 1. The molecule has 1 saturated carbocycles. The monoisotopic (exact) mass is 284 g/mol. The molecule has 5 nitrogen and oxygen atoms in total. The zero-order valence-electron chi connectivity index (χ0n) is 13.1. The third kappa shape index (κ3) is 5.39. The molecule has 0 heterocycles. The Bertz CT molecular complexity index is 342. The molecule has 1 aliphatic rings. The van der Waals surface area contributed by atoms with Crippen molar-refractivity contribution in [1.29, 1.82) is 0 Å². The van der Waals surface area contributed by atoms with Gasteiger partial charge in [-0.1, -0.05) is 0 Å². The maximum Gasteiger partial charge on any atom is 0.317 e. The molecule has 1 aliphatic carbocycles. The van der Waals surface area contributed by atoms with Crippen LogP contribution in [-0.2, 0) is 4.79 Å². The number of rotatable bonds is 4. The highest BCUT2D eigenvalue weighted by atomic mass is 16.4. The number of amides is 2. The van der Waals surface area contributed by atoms with Crippen LogP contribution < -0.4 is 5.32 Å². The zero-order valence-corrected chi connectivity index (χ0v) is 13.1. The summed E-state index contributed by atoms with van der Waals surface area (Å²) < 4.78 is 0. The predicted octanol–water partition coefficient (Wildman–Crippen LogP) is 2.71. The van der Waals surface area contributed by atoms with Crippen molar-refractivity contribution in [1.82, 2.24) is 10.2 Å². The van der Waals surface area contributed by atoms with E-state index in [9.17, 15) is 9.59 Å². The third-order valence-electron chi connectivity index (χ3n) is 3.83. The number of hydrogen-bond acceptors (Lipinski definition) is 2. The second-order valence-corrected chi connectivity index (χ2v) is 6.77. The van der Waals surface area contributed by atoms with Crippen molar-refractivity contribution in [3.05, 3.63) is 0 Å². The number of carbonyl (C=O) groups is 2. The van der Waals surface area contributed by atoms with Gasteiger partial charge in [-0.3, -0.25) is 4.79 Å². The first-order chi connectivity index (χ1) is 9.23. The maximum atomic E-state index is 12.2. The van der Waals surface area contributed by atoms with Gasteiger partial charge in [0, 0.05) is 18.6 Å². The van der Waals surface area contributed by atoms with Crippen LogP contribution in [0.2, 0.25) is 0 Å². The molecular formula is C15H28N2O3. The van der Waals surface area contributed by atoms with E-state index < -0.39 is 5.97 Å². The highest BCUT2D eigenvalue weighted by Gasteiger charge is 2.28. The SMILES string of the molecule is CCN(CC1CCC(C(=O)O)CC1)C(=O)NC(C)(C)C. The standard InChI is InChI=1S/C15H28N2O3/c1-5-17(14(20)16-15(2,3)4)10-11-6-8-12(9-7-11)13(18)19/h11-12H,5-10H2,1-4H3,(H,16,20)(H,18,19). The van der Waals surface area contributed by atoms with Gasteiger partial charge >= 0.3 is 12.0 Å². The van der Waals surface area contributed by atoms with Gasteiger partial charge in [0.05, 0.1) is 5.92 Å². The Kier molecular flexibility index (Phi) is 5.84. The van der Waals surface area contributed by atoms with E-state index in [4.69, 9.17) is 5.11 Å². The lowest BCUT2D eigenvalue weighted by Gasteiger charge is -2.33. The summed E-state index contributed by atoms with van der Waals surface area (Å²) in [5.74, 6) is -0.442. The van der Waals surface area contributed by atoms with Crippen LogP contribution >= 0.6 is 0 Å². The van der Waals surface area contributed by atoms with E-state index >= 15 is 0 Å². The second-order valence-electron chi connectivity index (χ2n) is 6.77. The molecular weight excluding hydrogens is 256 g/mol. The molecule has 0 unspecified atom stereocenters. The van der Waals surface area contributed by atoms with Crippen molar-refractivity contribution in [3.8, 4) is 0 Å². The Morgan fingerprint density at radius 3 is 2.15 bits per heavy atom. The number of urea groups is 1. The lowest BCUT2D eigenvalue weighted by Crippen LogP contribution is -2.49. The van der Waals surface area contributed by atoms with Gasteiger partial charge in [0.25, 0.3) is 0 Å². The quantitative estimate of drug-likeness (QED) is 0.834. The molecule has 2 amide bonds. The fourth-order valence-corrected chi connectivity index (χ4v) is 2.66. The molecule has 0 aromatic heterocycles. The fourth-order valence-electron chi connectivity index (χ4n) is 2.66. The summed E-state index contributed by atoms with van der Waals surface area (Å²) in [5.41, 5.74) is -0.231. The van der Waals surface area contributed by atoms with E-state index in [-0.39, 0.29) is 17.5 Å². The van der Waals surface area contributed by atoms with E-state index in [1.807, 2.05) is 32.6 Å². The topological polar surface area (TPSA) is 69.6 Å². The van der Waals surface area contributed by atoms with E-state index in [0.29, 0.717) is 12.5 Å². The number of carbonyl (C=O) groups excluding carboxylic acids is 1. The number of nitrogens with zero attached hydrogens (tertiary/aromatic N) is 1. The molecule has 1 fully saturated rings. The van der Waals surface area contributed by atoms with Crippen LogP contribution in [0, 0.1) is 11.8 Å². The minimum atomic E-state index is -0.679. The Balaban J connectivity index is 2.46. The predicted molar refractivity (Wildman–Crippen MR) is 78.6 cm³/mol. The summed E-state index contributed by atoms with van der Waals surface area (Å²) in [6, 6.07) is -0.0274. The van der Waals surface area contributed by atoms with Crippen molar-refractivity contribution in [2.45, 2.75) is 58.9 Å². The van der Waals surface area contributed by atoms with Crippen LogP contribution in [0.1, 0.15) is 53.4 Å². The largest absolute Gasteiger partial charge is 0.481 e. The van der Waals surface area contributed by atoms with Gasteiger partial charge in [0.1, 0.15) is 0 Å². The molecule has 0 aromatic carbocycles. The highest BCUT2D eigenvalue weighted by molar-refractivity contribution is 5.75. The normalized spacial score (nSPS) is 23.2. The molecule has 0 radical (unpaired) electrons. The summed E-state index contributed by atoms with van der Waals surface area (Å²) >= 11 is 0. The van der Waals surface area contributed by atoms with Crippen molar-refractivity contribution in [2.24, 2.45) is 11.8 Å². The molecule has 5 heteroatoms. The molecule has 0 spiro atoms. The van der Waals surface area contributed by atoms with Crippen molar-refractivity contribution >= 4 is 12.0 Å². The van der Waals surface area contributed by atoms with Gasteiger partial charge in [-0.05, 0) is 59.3 Å². The Morgan fingerprint density at radius 1 is 1.20 bits per heavy atom. The van der Waals surface area contributed by atoms with Crippen molar-refractivity contribution in [3.63, 3.8) is 0 Å². The molecule has 1 rings (SSSR count). The third-order valence-corrected chi connectivity index (χ3v) is 3.83. The number of nitrogens with one attached hydrogen (secondary N) is 1. The molecule has 116 valence electrons. The number of carboxylic acids is 1. The van der Waals surface area contributed by atoms with Gasteiger partial charge < -0.3 is 15.3 Å². The van der Waals surface area contributed by atoms with Gasteiger partial charge in [-0.15, -0.1) is 0 Å². The first kappa shape index (κ1) is 16.8. The van der Waals surface area contributed by atoms with E-state index in [0.717, 1.165) is 32.2 Å². The summed E-state index contributed by atoms with van der Waals surface area (Å²) in [7, 11) is 0. The minimum absolute atomic E-state index is 0.0274. The van der Waals surface area contributed by atoms with Gasteiger partial charge in [0.2, 0.25) is 0 Å². The van der Waals surface area contributed by atoms with Crippen LogP contribution in [0.25, 0.3) is 0 Å². The first-order valence-electron chi connectivity index (χ1n) is 7.52. The lowest BCUT2D eigenvalue weighted by atomic mass is 9.82. The minimum Gasteiger partial charge on any atom is -0.481 e. The average molecular weight is 284 g/mol. The number of carboxylic acid groups (broad SMARTS) is 1. The summed E-state index contributed by atoms with van der Waals surface area (Å²) in [6.07, 6.45) is 3.27. The molecule has 0 saturated heterocycles. The van der Waals surface area contributed by atoms with Crippen LogP contribution in [0.15, 0.2) is 0 Å². The maximum absolute atomic E-state index is 12.2. The van der Waals surface area contributed by atoms with Gasteiger partial charge in [0.15, 0.2) is 0 Å². The summed E-state index contributed by atoms with van der Waals surface area (Å²) in [4.78, 5) is 24.9. The highest BCUT2D eigenvalue weighted by Crippen LogP contribution is 2.29. The van der Waals surface area contributed by atoms with Crippen molar-refractivity contribution < 1.29 is 14.7 Å². The smallest absolute Gasteiger partial charge is 0.317 e. The number of hydrogen-bond donors (Lipinski definition) is 2. The van der Waals surface area contributed by atoms with Crippen LogP contribution in [-0.4, -0.2) is 40.6 Å². The molecule has 0 aliphatic heterocycles. The lowest BCUT2D eigenvalue weighted by molar-refractivity contribution is -0.143. The molecule has 2 N–H and O–H groups in total. The Hall–Kier alpha value is -1.26. The molecule has 20 heavy (non-hydrogen) atoms. The zero-order chi connectivity index (χ0) is 15.3. The van der Waals surface area contributed by atoms with Crippen LogP contribution in [0.5, 0.6) is 0 Å². The van der Waals surface area contributed by atoms with Gasteiger partial charge in [-0.2, -0.15) is 0 Å². The van der Waals surface area contributed by atoms with E-state index in [1.54, 1.807) is 0 Å². The van der Waals surface area contributed by atoms with Gasteiger partial charge in [-0.25, -0.2) is 4.79 Å². The Labute approximate surface area is 121 Å². The van der Waals surface area contributed by atoms with Crippen LogP contribution in [0.4, 0.5) is 4.79 Å². The molecule has 0 atom stereocenters.